The van der Waals surface area contributed by atoms with Gasteiger partial charge in [0.05, 0.1) is 33.5 Å². The van der Waals surface area contributed by atoms with E-state index in [2.05, 4.69) is 0 Å². The van der Waals surface area contributed by atoms with Gasteiger partial charge in [0.1, 0.15) is 5.75 Å². The van der Waals surface area contributed by atoms with Gasteiger partial charge in [0.25, 0.3) is 0 Å². The molecule has 0 N–H and O–H groups in total. The summed E-state index contributed by atoms with van der Waals surface area (Å²) in [5.41, 5.74) is 0. The molecule has 0 saturated carbocycles. The summed E-state index contributed by atoms with van der Waals surface area (Å²) in [4.78, 5) is 0.769. The molecule has 6 heteroatoms. The lowest BCUT2D eigenvalue weighted by Crippen LogP contribution is -2.14. The van der Waals surface area contributed by atoms with E-state index < -0.39 is 20.6 Å². The molecule has 0 aliphatic carbocycles. The van der Waals surface area contributed by atoms with Crippen molar-refractivity contribution >= 4 is 20.6 Å². The lowest BCUT2D eigenvalue weighted by molar-refractivity contribution is 0.404. The summed E-state index contributed by atoms with van der Waals surface area (Å²) in [6.07, 6.45) is 0. The second kappa shape index (κ2) is 6.87. The first-order valence-corrected chi connectivity index (χ1v) is 9.31. The predicted molar refractivity (Wildman–Crippen MR) is 82.8 cm³/mol. The molecule has 0 spiro atoms. The molecule has 2 aromatic rings. The van der Waals surface area contributed by atoms with E-state index in [1.54, 1.807) is 54.6 Å². The second-order valence-electron chi connectivity index (χ2n) is 4.33. The summed E-state index contributed by atoms with van der Waals surface area (Å²) in [6, 6.07) is 15.1. The number of hydrogen-bond acceptors (Lipinski definition) is 4. The number of ether oxygens (including phenoxy) is 1. The molecule has 1 unspecified atom stereocenters. The van der Waals surface area contributed by atoms with Gasteiger partial charge in [0, 0.05) is 5.75 Å². The van der Waals surface area contributed by atoms with Crippen LogP contribution in [-0.2, 0) is 20.6 Å². The number of rotatable bonds is 6. The van der Waals surface area contributed by atoms with E-state index in [0.29, 0.717) is 10.6 Å². The van der Waals surface area contributed by atoms with Crippen molar-refractivity contribution in [2.24, 2.45) is 0 Å². The van der Waals surface area contributed by atoms with Crippen LogP contribution in [0.3, 0.4) is 0 Å². The van der Waals surface area contributed by atoms with Crippen LogP contribution in [0.25, 0.3) is 0 Å². The Morgan fingerprint density at radius 1 is 1.00 bits per heavy atom. The fourth-order valence-corrected chi connectivity index (χ4v) is 4.96. The largest absolute Gasteiger partial charge is 0.495 e. The van der Waals surface area contributed by atoms with Crippen molar-refractivity contribution < 1.29 is 17.4 Å². The van der Waals surface area contributed by atoms with Gasteiger partial charge in [0.15, 0.2) is 9.84 Å². The van der Waals surface area contributed by atoms with Gasteiger partial charge in [-0.05, 0) is 24.3 Å². The van der Waals surface area contributed by atoms with E-state index in [0.717, 1.165) is 0 Å². The quantitative estimate of drug-likeness (QED) is 0.818. The Morgan fingerprint density at radius 2 is 1.62 bits per heavy atom. The van der Waals surface area contributed by atoms with Crippen LogP contribution in [0, 0.1) is 0 Å². The zero-order valence-corrected chi connectivity index (χ0v) is 13.2. The summed E-state index contributed by atoms with van der Waals surface area (Å²) in [7, 11) is -3.34. The molecule has 21 heavy (non-hydrogen) atoms. The van der Waals surface area contributed by atoms with E-state index in [9.17, 15) is 12.6 Å². The Hall–Kier alpha value is -1.66. The number of hydrogen-bond donors (Lipinski definition) is 0. The number of sulfone groups is 1. The lowest BCUT2D eigenvalue weighted by Gasteiger charge is -2.08. The molecular weight excluding hydrogens is 308 g/mol. The minimum absolute atomic E-state index is 0.0393. The van der Waals surface area contributed by atoms with Crippen molar-refractivity contribution in [3.8, 4) is 5.75 Å². The second-order valence-corrected chi connectivity index (χ2v) is 7.98. The summed E-state index contributed by atoms with van der Waals surface area (Å²) < 4.78 is 41.7. The maximum absolute atomic E-state index is 12.3. The van der Waals surface area contributed by atoms with Gasteiger partial charge < -0.3 is 4.74 Å². The van der Waals surface area contributed by atoms with Crippen LogP contribution < -0.4 is 4.74 Å². The van der Waals surface area contributed by atoms with E-state index in [4.69, 9.17) is 4.74 Å². The zero-order chi connectivity index (χ0) is 15.3. The molecule has 0 radical (unpaired) electrons. The molecule has 0 heterocycles. The Balaban J connectivity index is 2.11. The number of methoxy groups -OCH3 is 1. The molecule has 0 bridgehead atoms. The van der Waals surface area contributed by atoms with Crippen LogP contribution in [0.5, 0.6) is 5.75 Å². The average molecular weight is 324 g/mol. The highest BCUT2D eigenvalue weighted by Crippen LogP contribution is 2.22. The third kappa shape index (κ3) is 3.92. The highest BCUT2D eigenvalue weighted by atomic mass is 32.2. The fourth-order valence-electron chi connectivity index (χ4n) is 1.85. The molecule has 1 atom stereocenters. The summed E-state index contributed by atoms with van der Waals surface area (Å²) >= 11 is 0. The first kappa shape index (κ1) is 15.7. The van der Waals surface area contributed by atoms with Crippen molar-refractivity contribution in [1.82, 2.24) is 0 Å². The van der Waals surface area contributed by atoms with Gasteiger partial charge in [-0.3, -0.25) is 4.21 Å². The zero-order valence-electron chi connectivity index (χ0n) is 11.6. The maximum Gasteiger partial charge on any atom is 0.179 e. The van der Waals surface area contributed by atoms with Gasteiger partial charge >= 0.3 is 0 Å². The monoisotopic (exact) mass is 324 g/mol. The molecule has 4 nitrogen and oxygen atoms in total. The maximum atomic E-state index is 12.3. The molecule has 2 rings (SSSR count). The molecule has 0 fully saturated rings. The Labute approximate surface area is 127 Å². The smallest absolute Gasteiger partial charge is 0.179 e. The molecule has 0 aromatic heterocycles. The van der Waals surface area contributed by atoms with E-state index in [1.165, 1.54) is 7.11 Å². The summed E-state index contributed by atoms with van der Waals surface area (Å²) in [6.45, 7) is 0. The highest BCUT2D eigenvalue weighted by molar-refractivity contribution is 7.93. The van der Waals surface area contributed by atoms with Crippen LogP contribution in [0.2, 0.25) is 0 Å². The normalized spacial score (nSPS) is 12.8. The summed E-state index contributed by atoms with van der Waals surface area (Å²) in [5, 5.41) is 0. The molecular formula is C15H16O4S2. The molecule has 0 saturated heterocycles. The van der Waals surface area contributed by atoms with Crippen molar-refractivity contribution in [2.75, 3.05) is 18.6 Å². The Morgan fingerprint density at radius 3 is 2.29 bits per heavy atom. The lowest BCUT2D eigenvalue weighted by atomic mass is 10.3. The van der Waals surface area contributed by atoms with Gasteiger partial charge in [0.2, 0.25) is 0 Å². The van der Waals surface area contributed by atoms with Crippen molar-refractivity contribution in [1.29, 1.82) is 0 Å². The average Bonchev–Trinajstić information content (AvgIpc) is 2.53. The molecule has 0 aliphatic rings. The SMILES string of the molecule is COc1ccccc1S(=O)CCS(=O)(=O)c1ccccc1. The van der Waals surface area contributed by atoms with Crippen LogP contribution in [-0.4, -0.2) is 31.2 Å². The molecule has 2 aromatic carbocycles. The standard InChI is InChI=1S/C15H16O4S2/c1-19-14-9-5-6-10-15(14)20(16)11-12-21(17,18)13-7-3-2-4-8-13/h2-10H,11-12H2,1H3. The van der Waals surface area contributed by atoms with Crippen molar-refractivity contribution in [2.45, 2.75) is 9.79 Å². The minimum Gasteiger partial charge on any atom is -0.495 e. The van der Waals surface area contributed by atoms with Crippen molar-refractivity contribution in [3.05, 3.63) is 54.6 Å². The first-order chi connectivity index (χ1) is 10.0. The Bertz CT molecular complexity index is 724. The first-order valence-electron chi connectivity index (χ1n) is 6.34. The fraction of sp³-hybridized carbons (Fsp3) is 0.200. The highest BCUT2D eigenvalue weighted by Gasteiger charge is 2.17. The van der Waals surface area contributed by atoms with E-state index in [-0.39, 0.29) is 16.4 Å². The van der Waals surface area contributed by atoms with Gasteiger partial charge in [-0.1, -0.05) is 30.3 Å². The van der Waals surface area contributed by atoms with E-state index >= 15 is 0 Å². The topological polar surface area (TPSA) is 60.4 Å². The number of para-hydroxylation sites is 1. The van der Waals surface area contributed by atoms with Gasteiger partial charge in [-0.25, -0.2) is 8.42 Å². The van der Waals surface area contributed by atoms with E-state index in [1.807, 2.05) is 0 Å². The van der Waals surface area contributed by atoms with Crippen LogP contribution in [0.15, 0.2) is 64.4 Å². The third-order valence-corrected chi connectivity index (χ3v) is 6.35. The minimum atomic E-state index is -3.42. The molecule has 0 amide bonds. The Kier molecular flexibility index (Phi) is 5.14. The van der Waals surface area contributed by atoms with Crippen LogP contribution in [0.1, 0.15) is 0 Å². The van der Waals surface area contributed by atoms with Gasteiger partial charge in [-0.15, -0.1) is 0 Å². The van der Waals surface area contributed by atoms with Crippen LogP contribution in [0.4, 0.5) is 0 Å². The number of benzene rings is 2. The van der Waals surface area contributed by atoms with Gasteiger partial charge in [-0.2, -0.15) is 0 Å². The summed E-state index contributed by atoms with van der Waals surface area (Å²) in [5.74, 6) is 0.382. The third-order valence-electron chi connectivity index (χ3n) is 2.95. The van der Waals surface area contributed by atoms with Crippen LogP contribution >= 0.6 is 0 Å². The van der Waals surface area contributed by atoms with Crippen molar-refractivity contribution in [3.63, 3.8) is 0 Å². The molecule has 0 aliphatic heterocycles. The predicted octanol–water partition coefficient (Wildman–Crippen LogP) is 2.28. The molecule has 112 valence electrons.